The second-order valence-corrected chi connectivity index (χ2v) is 13.1. The van der Waals surface area contributed by atoms with Crippen molar-refractivity contribution in [2.75, 3.05) is 13.1 Å². The van der Waals surface area contributed by atoms with Gasteiger partial charge in [0.1, 0.15) is 0 Å². The highest BCUT2D eigenvalue weighted by atomic mass is 16.3. The van der Waals surface area contributed by atoms with Crippen LogP contribution in [0, 0.1) is 34.5 Å². The topological polar surface area (TPSA) is 60.8 Å². The lowest BCUT2D eigenvalue weighted by Gasteiger charge is -2.58. The summed E-state index contributed by atoms with van der Waals surface area (Å²) in [5.74, 6) is 3.44. The van der Waals surface area contributed by atoms with E-state index in [0.717, 1.165) is 62.2 Å². The molecule has 0 bridgehead atoms. The lowest BCUT2D eigenvalue weighted by molar-refractivity contribution is -0.133. The normalized spacial score (nSPS) is 44.5. The third-order valence-corrected chi connectivity index (χ3v) is 11.6. The smallest absolute Gasteiger partial charge is 0.219 e. The molecule has 1 amide bonds. The summed E-state index contributed by atoms with van der Waals surface area (Å²) in [7, 11) is 0. The Morgan fingerprint density at radius 3 is 2.55 bits per heavy atom. The first-order chi connectivity index (χ1) is 15.6. The maximum Gasteiger partial charge on any atom is 0.219 e. The molecule has 0 aromatic heterocycles. The van der Waals surface area contributed by atoms with E-state index in [1.165, 1.54) is 44.9 Å². The molecule has 7 unspecified atom stereocenters. The summed E-state index contributed by atoms with van der Waals surface area (Å²) >= 11 is 0. The number of fused-ring (bicyclic) bond motifs is 5. The van der Waals surface area contributed by atoms with Crippen molar-refractivity contribution in [1.29, 1.82) is 0 Å². The van der Waals surface area contributed by atoms with E-state index >= 15 is 0 Å². The maximum atomic E-state index is 11.6. The standard InChI is InChI=1S/C29H47NO3/c1-20(31)30-17-15-29(33,16-18-30)12-4-5-21-7-9-25-24-8-6-22-19-23(32)10-13-28(22,3)26(24)11-14-27(21,25)2/h6,21,23-26,32-33H,4-5,7-19H2,1-3H3. The van der Waals surface area contributed by atoms with Crippen molar-refractivity contribution in [2.24, 2.45) is 34.5 Å². The van der Waals surface area contributed by atoms with Gasteiger partial charge < -0.3 is 15.1 Å². The number of aliphatic hydroxyl groups excluding tert-OH is 1. The second-order valence-electron chi connectivity index (χ2n) is 13.1. The Bertz CT molecular complexity index is 784. The Hall–Kier alpha value is -0.870. The molecule has 3 saturated carbocycles. The van der Waals surface area contributed by atoms with Gasteiger partial charge in [0.15, 0.2) is 0 Å². The molecule has 1 saturated heterocycles. The summed E-state index contributed by atoms with van der Waals surface area (Å²) in [5, 5.41) is 21.3. The van der Waals surface area contributed by atoms with Crippen LogP contribution in [0.2, 0.25) is 0 Å². The Kier molecular flexibility index (Phi) is 6.26. The van der Waals surface area contributed by atoms with Crippen molar-refractivity contribution in [3.05, 3.63) is 11.6 Å². The summed E-state index contributed by atoms with van der Waals surface area (Å²) in [6, 6.07) is 0. The van der Waals surface area contributed by atoms with Crippen molar-refractivity contribution >= 4 is 5.91 Å². The van der Waals surface area contributed by atoms with Crippen LogP contribution in [0.4, 0.5) is 0 Å². The average molecular weight is 458 g/mol. The van der Waals surface area contributed by atoms with Gasteiger partial charge in [-0.3, -0.25) is 4.79 Å². The summed E-state index contributed by atoms with van der Waals surface area (Å²) in [5.41, 5.74) is 1.81. The van der Waals surface area contributed by atoms with Crippen LogP contribution in [-0.4, -0.2) is 45.8 Å². The van der Waals surface area contributed by atoms with Crippen LogP contribution in [0.5, 0.6) is 0 Å². The third-order valence-electron chi connectivity index (χ3n) is 11.6. The highest BCUT2D eigenvalue weighted by Crippen LogP contribution is 2.66. The molecular formula is C29H47NO3. The van der Waals surface area contributed by atoms with E-state index in [2.05, 4.69) is 19.9 Å². The van der Waals surface area contributed by atoms with Crippen LogP contribution in [0.15, 0.2) is 11.6 Å². The molecule has 4 nitrogen and oxygen atoms in total. The van der Waals surface area contributed by atoms with E-state index < -0.39 is 5.60 Å². The van der Waals surface area contributed by atoms with E-state index in [-0.39, 0.29) is 12.0 Å². The summed E-state index contributed by atoms with van der Waals surface area (Å²) in [6.07, 6.45) is 17.0. The fourth-order valence-electron chi connectivity index (χ4n) is 9.39. The van der Waals surface area contributed by atoms with Gasteiger partial charge in [0, 0.05) is 20.0 Å². The predicted octanol–water partition coefficient (Wildman–Crippen LogP) is 5.47. The number of hydrogen-bond acceptors (Lipinski definition) is 3. The number of aliphatic hydroxyl groups is 2. The minimum Gasteiger partial charge on any atom is -0.393 e. The highest BCUT2D eigenvalue weighted by molar-refractivity contribution is 5.73. The number of amides is 1. The minimum absolute atomic E-state index is 0.116. The fourth-order valence-corrected chi connectivity index (χ4v) is 9.39. The Balaban J connectivity index is 1.20. The van der Waals surface area contributed by atoms with Gasteiger partial charge >= 0.3 is 0 Å². The monoisotopic (exact) mass is 457 g/mol. The predicted molar refractivity (Wildman–Crippen MR) is 131 cm³/mol. The van der Waals surface area contributed by atoms with Gasteiger partial charge in [-0.05, 0) is 112 Å². The number of hydrogen-bond donors (Lipinski definition) is 2. The zero-order valence-electron chi connectivity index (χ0n) is 21.3. The van der Waals surface area contributed by atoms with E-state index in [1.807, 2.05) is 4.90 Å². The van der Waals surface area contributed by atoms with Crippen molar-refractivity contribution in [1.82, 2.24) is 4.90 Å². The number of carbonyl (C=O) groups excluding carboxylic acids is 1. The molecule has 1 heterocycles. The van der Waals surface area contributed by atoms with Gasteiger partial charge in [0.25, 0.3) is 0 Å². The van der Waals surface area contributed by atoms with Crippen LogP contribution in [0.25, 0.3) is 0 Å². The molecule has 0 radical (unpaired) electrons. The van der Waals surface area contributed by atoms with E-state index in [9.17, 15) is 15.0 Å². The zero-order valence-corrected chi connectivity index (χ0v) is 21.3. The van der Waals surface area contributed by atoms with Gasteiger partial charge in [-0.2, -0.15) is 0 Å². The van der Waals surface area contributed by atoms with E-state index in [1.54, 1.807) is 12.5 Å². The molecule has 4 heteroatoms. The molecule has 5 aliphatic rings. The Morgan fingerprint density at radius 2 is 1.82 bits per heavy atom. The van der Waals surface area contributed by atoms with Crippen molar-refractivity contribution in [3.8, 4) is 0 Å². The third kappa shape index (κ3) is 4.11. The van der Waals surface area contributed by atoms with Crippen LogP contribution in [-0.2, 0) is 4.79 Å². The molecule has 1 aliphatic heterocycles. The number of likely N-dealkylation sites (tertiary alicyclic amines) is 1. The SMILES string of the molecule is CC(=O)N1CCC(O)(CCCC2CCC3C4CC=C5CC(O)CCC5(C)C4CCC23C)CC1. The first-order valence-corrected chi connectivity index (χ1v) is 14.0. The molecule has 0 aromatic carbocycles. The lowest BCUT2D eigenvalue weighted by atomic mass is 9.47. The zero-order chi connectivity index (χ0) is 23.4. The molecule has 5 rings (SSSR count). The van der Waals surface area contributed by atoms with Crippen LogP contribution in [0.3, 0.4) is 0 Å². The van der Waals surface area contributed by atoms with Gasteiger partial charge in [-0.25, -0.2) is 0 Å². The highest BCUT2D eigenvalue weighted by Gasteiger charge is 2.58. The minimum atomic E-state index is -0.562. The van der Waals surface area contributed by atoms with E-state index in [4.69, 9.17) is 0 Å². The van der Waals surface area contributed by atoms with Gasteiger partial charge in [0.2, 0.25) is 5.91 Å². The second kappa shape index (κ2) is 8.66. The van der Waals surface area contributed by atoms with Crippen molar-refractivity contribution in [2.45, 2.75) is 116 Å². The molecule has 2 N–H and O–H groups in total. The van der Waals surface area contributed by atoms with Gasteiger partial charge in [-0.1, -0.05) is 31.9 Å². The lowest BCUT2D eigenvalue weighted by Crippen LogP contribution is -2.50. The van der Waals surface area contributed by atoms with Crippen LogP contribution < -0.4 is 0 Å². The fraction of sp³-hybridized carbons (Fsp3) is 0.897. The molecule has 0 aromatic rings. The summed E-state index contributed by atoms with van der Waals surface area (Å²) in [4.78, 5) is 13.5. The molecule has 4 aliphatic carbocycles. The number of allylic oxidation sites excluding steroid dienone is 1. The molecule has 33 heavy (non-hydrogen) atoms. The quantitative estimate of drug-likeness (QED) is 0.550. The maximum absolute atomic E-state index is 11.6. The summed E-state index contributed by atoms with van der Waals surface area (Å²) < 4.78 is 0. The molecular weight excluding hydrogens is 410 g/mol. The number of nitrogens with zero attached hydrogens (tertiary/aromatic N) is 1. The number of carbonyl (C=O) groups is 1. The molecule has 7 atom stereocenters. The number of rotatable bonds is 4. The number of piperidine rings is 1. The largest absolute Gasteiger partial charge is 0.393 e. The van der Waals surface area contributed by atoms with Crippen LogP contribution >= 0.6 is 0 Å². The van der Waals surface area contributed by atoms with Gasteiger partial charge in [-0.15, -0.1) is 0 Å². The summed E-state index contributed by atoms with van der Waals surface area (Å²) in [6.45, 7) is 8.19. The van der Waals surface area contributed by atoms with Crippen molar-refractivity contribution in [3.63, 3.8) is 0 Å². The van der Waals surface area contributed by atoms with Gasteiger partial charge in [0.05, 0.1) is 11.7 Å². The first kappa shape index (κ1) is 23.9. The van der Waals surface area contributed by atoms with Crippen molar-refractivity contribution < 1.29 is 15.0 Å². The first-order valence-electron chi connectivity index (χ1n) is 14.0. The molecule has 0 spiro atoms. The van der Waals surface area contributed by atoms with Crippen LogP contribution in [0.1, 0.15) is 104 Å². The molecule has 4 fully saturated rings. The Morgan fingerprint density at radius 1 is 1.06 bits per heavy atom. The molecule has 186 valence electrons. The average Bonchev–Trinajstić information content (AvgIpc) is 3.11. The Labute approximate surface area is 201 Å². The van der Waals surface area contributed by atoms with E-state index in [0.29, 0.717) is 23.9 Å².